The first kappa shape index (κ1) is 49.4. The van der Waals surface area contributed by atoms with Gasteiger partial charge in [-0.15, -0.1) is 0 Å². The van der Waals surface area contributed by atoms with Crippen LogP contribution in [0.2, 0.25) is 0 Å². The predicted octanol–water partition coefficient (Wildman–Crippen LogP) is 13.9. The summed E-state index contributed by atoms with van der Waals surface area (Å²) < 4.78 is 16.6. The zero-order chi connectivity index (χ0) is 37.5. The van der Waals surface area contributed by atoms with Crippen molar-refractivity contribution in [1.29, 1.82) is 0 Å². The van der Waals surface area contributed by atoms with Crippen molar-refractivity contribution in [3.8, 4) is 0 Å². The highest BCUT2D eigenvalue weighted by atomic mass is 16.6. The van der Waals surface area contributed by atoms with Crippen LogP contribution in [0.15, 0.2) is 0 Å². The van der Waals surface area contributed by atoms with E-state index in [1.807, 2.05) is 0 Å². The highest BCUT2D eigenvalue weighted by Gasteiger charge is 2.19. The molecule has 0 rings (SSSR count). The molecule has 0 aliphatic carbocycles. The summed E-state index contributed by atoms with van der Waals surface area (Å²) in [5.41, 5.74) is 0. The van der Waals surface area contributed by atoms with Gasteiger partial charge in [0, 0.05) is 19.3 Å². The number of hydrogen-bond acceptors (Lipinski definition) is 6. The SMILES string of the molecule is CCCCCCCCCCCCCCCCCCC(=O)OC[C@@H](COC(=O)CCCCCCCCCCCC(C)C)OC(=O)CCCCCCC. The molecule has 0 radical (unpaired) electrons. The molecular weight excluding hydrogens is 636 g/mol. The molecule has 0 spiro atoms. The normalized spacial score (nSPS) is 11.9. The van der Waals surface area contributed by atoms with Gasteiger partial charge in [0.1, 0.15) is 13.2 Å². The first-order valence-corrected chi connectivity index (χ1v) is 22.4. The smallest absolute Gasteiger partial charge is 0.306 e. The zero-order valence-electron chi connectivity index (χ0n) is 34.6. The Morgan fingerprint density at radius 2 is 0.647 bits per heavy atom. The summed E-state index contributed by atoms with van der Waals surface area (Å²) >= 11 is 0. The Morgan fingerprint density at radius 1 is 0.373 bits per heavy atom. The maximum atomic E-state index is 12.5. The molecule has 302 valence electrons. The van der Waals surface area contributed by atoms with Crippen molar-refractivity contribution in [3.05, 3.63) is 0 Å². The molecule has 0 aromatic rings. The Morgan fingerprint density at radius 3 is 0.961 bits per heavy atom. The quantitative estimate of drug-likeness (QED) is 0.0356. The maximum absolute atomic E-state index is 12.5. The van der Waals surface area contributed by atoms with Crippen LogP contribution in [0, 0.1) is 5.92 Å². The largest absolute Gasteiger partial charge is 0.462 e. The topological polar surface area (TPSA) is 78.9 Å². The van der Waals surface area contributed by atoms with Gasteiger partial charge in [-0.25, -0.2) is 0 Å². The Bertz CT molecular complexity index is 766. The minimum atomic E-state index is -0.757. The number of unbranched alkanes of at least 4 members (excludes halogenated alkanes) is 27. The highest BCUT2D eigenvalue weighted by molar-refractivity contribution is 5.71. The fourth-order valence-corrected chi connectivity index (χ4v) is 6.63. The van der Waals surface area contributed by atoms with Crippen LogP contribution in [0.3, 0.4) is 0 Å². The van der Waals surface area contributed by atoms with E-state index in [1.165, 1.54) is 135 Å². The monoisotopic (exact) mass is 723 g/mol. The van der Waals surface area contributed by atoms with Crippen LogP contribution in [-0.2, 0) is 28.6 Å². The van der Waals surface area contributed by atoms with Crippen molar-refractivity contribution in [1.82, 2.24) is 0 Å². The molecule has 1 atom stereocenters. The summed E-state index contributed by atoms with van der Waals surface area (Å²) in [6.07, 6.45) is 38.3. The molecule has 6 heteroatoms. The standard InChI is InChI=1S/C45H86O6/c1-5-7-9-11-12-13-14-15-16-17-18-19-22-25-29-32-36-43(46)49-39-42(51-45(48)38-34-27-10-8-6-2)40-50-44(47)37-33-30-26-23-20-21-24-28-31-35-41(3)4/h41-42H,5-40H2,1-4H3/t42-/m0/s1. The van der Waals surface area contributed by atoms with Gasteiger partial charge in [-0.3, -0.25) is 14.4 Å². The summed E-state index contributed by atoms with van der Waals surface area (Å²) in [5.74, 6) is -0.0620. The zero-order valence-corrected chi connectivity index (χ0v) is 34.6. The Hall–Kier alpha value is -1.59. The summed E-state index contributed by atoms with van der Waals surface area (Å²) in [4.78, 5) is 37.4. The van der Waals surface area contributed by atoms with Crippen LogP contribution in [0.25, 0.3) is 0 Å². The van der Waals surface area contributed by atoms with E-state index in [9.17, 15) is 14.4 Å². The predicted molar refractivity (Wildman–Crippen MR) is 215 cm³/mol. The molecule has 0 heterocycles. The first-order chi connectivity index (χ1) is 24.9. The number of hydrogen-bond donors (Lipinski definition) is 0. The van der Waals surface area contributed by atoms with Gasteiger partial charge in [0.05, 0.1) is 0 Å². The van der Waals surface area contributed by atoms with Crippen LogP contribution in [0.1, 0.15) is 246 Å². The van der Waals surface area contributed by atoms with E-state index in [4.69, 9.17) is 14.2 Å². The van der Waals surface area contributed by atoms with Gasteiger partial charge in [0.15, 0.2) is 6.10 Å². The number of carbonyl (C=O) groups is 3. The maximum Gasteiger partial charge on any atom is 0.306 e. The van der Waals surface area contributed by atoms with Crippen molar-refractivity contribution in [3.63, 3.8) is 0 Å². The van der Waals surface area contributed by atoms with Crippen LogP contribution in [0.4, 0.5) is 0 Å². The number of carbonyl (C=O) groups excluding carboxylic acids is 3. The van der Waals surface area contributed by atoms with Crippen molar-refractivity contribution >= 4 is 17.9 Å². The second kappa shape index (κ2) is 39.6. The van der Waals surface area contributed by atoms with Crippen LogP contribution in [0.5, 0.6) is 0 Å². The van der Waals surface area contributed by atoms with E-state index in [0.717, 1.165) is 70.1 Å². The van der Waals surface area contributed by atoms with E-state index in [1.54, 1.807) is 0 Å². The van der Waals surface area contributed by atoms with Crippen LogP contribution >= 0.6 is 0 Å². The van der Waals surface area contributed by atoms with Crippen molar-refractivity contribution < 1.29 is 28.6 Å². The molecule has 51 heavy (non-hydrogen) atoms. The van der Waals surface area contributed by atoms with Gasteiger partial charge >= 0.3 is 17.9 Å². The van der Waals surface area contributed by atoms with Crippen LogP contribution < -0.4 is 0 Å². The minimum absolute atomic E-state index is 0.0655. The van der Waals surface area contributed by atoms with Crippen molar-refractivity contribution in [2.24, 2.45) is 5.92 Å². The van der Waals surface area contributed by atoms with E-state index in [0.29, 0.717) is 19.3 Å². The number of rotatable bonds is 40. The molecule has 0 saturated carbocycles. The lowest BCUT2D eigenvalue weighted by molar-refractivity contribution is -0.167. The average molecular weight is 723 g/mol. The molecule has 6 nitrogen and oxygen atoms in total. The first-order valence-electron chi connectivity index (χ1n) is 22.4. The molecule has 0 aromatic carbocycles. The van der Waals surface area contributed by atoms with Gasteiger partial charge < -0.3 is 14.2 Å². The fraction of sp³-hybridized carbons (Fsp3) is 0.933. The number of esters is 3. The van der Waals surface area contributed by atoms with Crippen molar-refractivity contribution in [2.45, 2.75) is 252 Å². The van der Waals surface area contributed by atoms with Gasteiger partial charge in [-0.1, -0.05) is 207 Å². The lowest BCUT2D eigenvalue weighted by Gasteiger charge is -2.18. The third kappa shape index (κ3) is 39.5. The average Bonchev–Trinajstić information content (AvgIpc) is 3.11. The molecule has 0 amide bonds. The summed E-state index contributed by atoms with van der Waals surface area (Å²) in [6.45, 7) is 8.89. The van der Waals surface area contributed by atoms with Crippen molar-refractivity contribution in [2.75, 3.05) is 13.2 Å². The second-order valence-electron chi connectivity index (χ2n) is 15.8. The third-order valence-corrected chi connectivity index (χ3v) is 10.0. The Labute approximate surface area is 317 Å². The van der Waals surface area contributed by atoms with E-state index < -0.39 is 6.10 Å². The van der Waals surface area contributed by atoms with E-state index >= 15 is 0 Å². The second-order valence-corrected chi connectivity index (χ2v) is 15.8. The minimum Gasteiger partial charge on any atom is -0.462 e. The lowest BCUT2D eigenvalue weighted by atomic mass is 10.0. The molecule has 0 aliphatic heterocycles. The molecular formula is C45H86O6. The summed E-state index contributed by atoms with van der Waals surface area (Å²) in [6, 6.07) is 0. The Kier molecular flexibility index (Phi) is 38.4. The molecule has 0 fully saturated rings. The fourth-order valence-electron chi connectivity index (χ4n) is 6.63. The van der Waals surface area contributed by atoms with Gasteiger partial charge in [-0.2, -0.15) is 0 Å². The lowest BCUT2D eigenvalue weighted by Crippen LogP contribution is -2.30. The van der Waals surface area contributed by atoms with Crippen LogP contribution in [-0.4, -0.2) is 37.2 Å². The molecule has 0 N–H and O–H groups in total. The molecule has 0 bridgehead atoms. The summed E-state index contributed by atoms with van der Waals surface area (Å²) in [7, 11) is 0. The molecule has 0 aliphatic rings. The molecule has 0 unspecified atom stereocenters. The van der Waals surface area contributed by atoms with Gasteiger partial charge in [0.2, 0.25) is 0 Å². The molecule has 0 saturated heterocycles. The van der Waals surface area contributed by atoms with E-state index in [-0.39, 0.29) is 31.1 Å². The van der Waals surface area contributed by atoms with Gasteiger partial charge in [0.25, 0.3) is 0 Å². The summed E-state index contributed by atoms with van der Waals surface area (Å²) in [5, 5.41) is 0. The number of ether oxygens (including phenoxy) is 3. The van der Waals surface area contributed by atoms with E-state index in [2.05, 4.69) is 27.7 Å². The third-order valence-electron chi connectivity index (χ3n) is 10.0. The van der Waals surface area contributed by atoms with Gasteiger partial charge in [-0.05, 0) is 25.2 Å². The Balaban J connectivity index is 4.13. The molecule has 0 aromatic heterocycles. The highest BCUT2D eigenvalue weighted by Crippen LogP contribution is 2.16.